The van der Waals surface area contributed by atoms with Crippen LogP contribution in [0.25, 0.3) is 0 Å². The lowest BCUT2D eigenvalue weighted by atomic mass is 10.1. The van der Waals surface area contributed by atoms with Gasteiger partial charge in [0.05, 0.1) is 11.5 Å². The zero-order chi connectivity index (χ0) is 11.9. The third kappa shape index (κ3) is 2.46. The van der Waals surface area contributed by atoms with E-state index in [1.807, 2.05) is 6.20 Å². The molecule has 0 aromatic carbocycles. The Labute approximate surface area is 101 Å². The van der Waals surface area contributed by atoms with Crippen LogP contribution in [0.15, 0.2) is 12.4 Å². The van der Waals surface area contributed by atoms with Crippen LogP contribution in [0, 0.1) is 0 Å². The molecule has 1 aliphatic heterocycles. The van der Waals surface area contributed by atoms with Crippen LogP contribution in [-0.4, -0.2) is 35.5 Å². The van der Waals surface area contributed by atoms with Crippen LogP contribution in [-0.2, 0) is 9.84 Å². The highest BCUT2D eigenvalue weighted by Gasteiger charge is 2.28. The van der Waals surface area contributed by atoms with Crippen LogP contribution in [0.4, 0.5) is 5.95 Å². The standard InChI is InChI=1S/C11H17N3O2S/c15-17(16)7-3-10(4-8-17)14-6-5-12-11(14)13-9-1-2-9/h5-6,9-10H,1-4,7-8H2,(H,12,13). The monoisotopic (exact) mass is 255 g/mol. The van der Waals surface area contributed by atoms with Gasteiger partial charge in [0, 0.05) is 24.5 Å². The van der Waals surface area contributed by atoms with Crippen molar-refractivity contribution in [1.29, 1.82) is 0 Å². The number of nitrogens with zero attached hydrogens (tertiary/aromatic N) is 2. The van der Waals surface area contributed by atoms with Crippen molar-refractivity contribution in [3.63, 3.8) is 0 Å². The number of sulfone groups is 1. The van der Waals surface area contributed by atoms with Crippen LogP contribution in [0.3, 0.4) is 0 Å². The first-order valence-corrected chi connectivity index (χ1v) is 7.96. The molecular formula is C11H17N3O2S. The summed E-state index contributed by atoms with van der Waals surface area (Å²) < 4.78 is 24.9. The van der Waals surface area contributed by atoms with E-state index in [9.17, 15) is 8.42 Å². The van der Waals surface area contributed by atoms with Crippen molar-refractivity contribution in [3.05, 3.63) is 12.4 Å². The number of hydrogen-bond acceptors (Lipinski definition) is 4. The predicted octanol–water partition coefficient (Wildman–Crippen LogP) is 1.21. The second kappa shape index (κ2) is 4.01. The molecular weight excluding hydrogens is 238 g/mol. The van der Waals surface area contributed by atoms with Gasteiger partial charge in [0.15, 0.2) is 0 Å². The van der Waals surface area contributed by atoms with Gasteiger partial charge >= 0.3 is 0 Å². The quantitative estimate of drug-likeness (QED) is 0.881. The van der Waals surface area contributed by atoms with Crippen molar-refractivity contribution in [3.8, 4) is 0 Å². The molecule has 17 heavy (non-hydrogen) atoms. The molecule has 2 aliphatic rings. The molecule has 6 heteroatoms. The number of anilines is 1. The van der Waals surface area contributed by atoms with Crippen LogP contribution < -0.4 is 5.32 Å². The smallest absolute Gasteiger partial charge is 0.203 e. The highest BCUT2D eigenvalue weighted by Crippen LogP contribution is 2.29. The molecule has 2 fully saturated rings. The van der Waals surface area contributed by atoms with Gasteiger partial charge in [-0.2, -0.15) is 0 Å². The third-order valence-electron chi connectivity index (χ3n) is 3.50. The van der Waals surface area contributed by atoms with Gasteiger partial charge in [-0.05, 0) is 25.7 Å². The van der Waals surface area contributed by atoms with E-state index in [2.05, 4.69) is 14.9 Å². The summed E-state index contributed by atoms with van der Waals surface area (Å²) in [5.74, 6) is 1.51. The Hall–Kier alpha value is -1.04. The number of nitrogens with one attached hydrogen (secondary N) is 1. The maximum absolute atomic E-state index is 11.4. The van der Waals surface area contributed by atoms with E-state index >= 15 is 0 Å². The fourth-order valence-electron chi connectivity index (χ4n) is 2.29. The van der Waals surface area contributed by atoms with Gasteiger partial charge < -0.3 is 9.88 Å². The fraction of sp³-hybridized carbons (Fsp3) is 0.727. The first-order chi connectivity index (χ1) is 8.14. The Bertz CT molecular complexity index is 491. The average molecular weight is 255 g/mol. The zero-order valence-electron chi connectivity index (χ0n) is 9.67. The maximum atomic E-state index is 11.4. The molecule has 2 heterocycles. The van der Waals surface area contributed by atoms with Crippen molar-refractivity contribution in [2.24, 2.45) is 0 Å². The molecule has 1 saturated carbocycles. The van der Waals surface area contributed by atoms with E-state index in [-0.39, 0.29) is 6.04 Å². The van der Waals surface area contributed by atoms with Gasteiger partial charge in [0.2, 0.25) is 5.95 Å². The number of rotatable bonds is 3. The molecule has 1 aromatic rings. The third-order valence-corrected chi connectivity index (χ3v) is 5.21. The first-order valence-electron chi connectivity index (χ1n) is 6.14. The van der Waals surface area contributed by atoms with E-state index in [0.29, 0.717) is 30.4 Å². The molecule has 94 valence electrons. The molecule has 0 atom stereocenters. The van der Waals surface area contributed by atoms with Crippen molar-refractivity contribution < 1.29 is 8.42 Å². The molecule has 1 aliphatic carbocycles. The normalized spacial score (nSPS) is 24.7. The summed E-state index contributed by atoms with van der Waals surface area (Å²) in [6.45, 7) is 0. The largest absolute Gasteiger partial charge is 0.353 e. The molecule has 0 amide bonds. The highest BCUT2D eigenvalue weighted by atomic mass is 32.2. The second-order valence-electron chi connectivity index (χ2n) is 4.96. The summed E-state index contributed by atoms with van der Waals surface area (Å²) in [6, 6.07) is 0.853. The molecule has 0 radical (unpaired) electrons. The Balaban J connectivity index is 1.73. The van der Waals surface area contributed by atoms with E-state index in [1.165, 1.54) is 12.8 Å². The highest BCUT2D eigenvalue weighted by molar-refractivity contribution is 7.91. The van der Waals surface area contributed by atoms with E-state index < -0.39 is 9.84 Å². The van der Waals surface area contributed by atoms with Gasteiger partial charge in [-0.25, -0.2) is 13.4 Å². The summed E-state index contributed by atoms with van der Waals surface area (Å²) in [4.78, 5) is 4.31. The Kier molecular flexibility index (Phi) is 2.61. The summed E-state index contributed by atoms with van der Waals surface area (Å²) in [6.07, 6.45) is 7.58. The number of imidazole rings is 1. The molecule has 0 spiro atoms. The predicted molar refractivity (Wildman–Crippen MR) is 65.8 cm³/mol. The first kappa shape index (κ1) is 11.1. The lowest BCUT2D eigenvalue weighted by molar-refractivity contribution is 0.453. The molecule has 1 saturated heterocycles. The van der Waals surface area contributed by atoms with Crippen LogP contribution >= 0.6 is 0 Å². The molecule has 0 bridgehead atoms. The van der Waals surface area contributed by atoms with Crippen LogP contribution in [0.2, 0.25) is 0 Å². The summed E-state index contributed by atoms with van der Waals surface area (Å²) in [5.41, 5.74) is 0. The molecule has 5 nitrogen and oxygen atoms in total. The van der Waals surface area contributed by atoms with Crippen molar-refractivity contribution >= 4 is 15.8 Å². The van der Waals surface area contributed by atoms with Crippen molar-refractivity contribution in [2.75, 3.05) is 16.8 Å². The molecule has 1 aromatic heterocycles. The molecule has 3 rings (SSSR count). The van der Waals surface area contributed by atoms with Gasteiger partial charge in [0.25, 0.3) is 0 Å². The topological polar surface area (TPSA) is 64.0 Å². The molecule has 1 N–H and O–H groups in total. The van der Waals surface area contributed by atoms with Gasteiger partial charge in [-0.15, -0.1) is 0 Å². The Morgan fingerprint density at radius 2 is 1.94 bits per heavy atom. The maximum Gasteiger partial charge on any atom is 0.203 e. The van der Waals surface area contributed by atoms with Crippen molar-refractivity contribution in [2.45, 2.75) is 37.8 Å². The lowest BCUT2D eigenvalue weighted by Crippen LogP contribution is -2.26. The van der Waals surface area contributed by atoms with Gasteiger partial charge in [0.1, 0.15) is 9.84 Å². The Morgan fingerprint density at radius 1 is 1.24 bits per heavy atom. The minimum Gasteiger partial charge on any atom is -0.353 e. The lowest BCUT2D eigenvalue weighted by Gasteiger charge is -2.24. The summed E-state index contributed by atoms with van der Waals surface area (Å²) in [5, 5.41) is 3.38. The number of hydrogen-bond donors (Lipinski definition) is 1. The molecule has 0 unspecified atom stereocenters. The zero-order valence-corrected chi connectivity index (χ0v) is 10.5. The van der Waals surface area contributed by atoms with E-state index in [0.717, 1.165) is 5.95 Å². The Morgan fingerprint density at radius 3 is 2.59 bits per heavy atom. The fourth-order valence-corrected chi connectivity index (χ4v) is 3.75. The van der Waals surface area contributed by atoms with Gasteiger partial charge in [-0.1, -0.05) is 0 Å². The van der Waals surface area contributed by atoms with Crippen LogP contribution in [0.1, 0.15) is 31.7 Å². The summed E-state index contributed by atoms with van der Waals surface area (Å²) >= 11 is 0. The second-order valence-corrected chi connectivity index (χ2v) is 7.26. The van der Waals surface area contributed by atoms with Crippen molar-refractivity contribution in [1.82, 2.24) is 9.55 Å². The average Bonchev–Trinajstić information content (AvgIpc) is 2.97. The number of aromatic nitrogens is 2. The minimum absolute atomic E-state index is 0.280. The minimum atomic E-state index is -2.78. The van der Waals surface area contributed by atoms with Gasteiger partial charge in [-0.3, -0.25) is 0 Å². The summed E-state index contributed by atoms with van der Waals surface area (Å²) in [7, 11) is -2.78. The SMILES string of the molecule is O=S1(=O)CCC(n2ccnc2NC2CC2)CC1. The van der Waals surface area contributed by atoms with E-state index in [1.54, 1.807) is 6.20 Å². The van der Waals surface area contributed by atoms with Crippen LogP contribution in [0.5, 0.6) is 0 Å². The van der Waals surface area contributed by atoms with E-state index in [4.69, 9.17) is 0 Å².